The molecule has 0 heterocycles. The van der Waals surface area contributed by atoms with E-state index < -0.39 is 0 Å². The van der Waals surface area contributed by atoms with Gasteiger partial charge in [0.05, 0.1) is 0 Å². The predicted molar refractivity (Wildman–Crippen MR) is 84.2 cm³/mol. The molecule has 0 saturated heterocycles. The van der Waals surface area contributed by atoms with Gasteiger partial charge in [0, 0.05) is 0 Å². The molecule has 0 aromatic heterocycles. The predicted octanol–water partition coefficient (Wildman–Crippen LogP) is 5.42. The molecule has 1 nitrogen and oxygen atoms in total. The fraction of sp³-hybridized carbons (Fsp3) is 0.882. The van der Waals surface area contributed by atoms with Gasteiger partial charge in [-0.3, -0.25) is 0 Å². The fourth-order valence-corrected chi connectivity index (χ4v) is 2.26. The minimum Gasteiger partial charge on any atom is -0.306 e. The van der Waals surface area contributed by atoms with E-state index in [0.29, 0.717) is 0 Å². The first-order valence-corrected chi connectivity index (χ1v) is 8.11. The first-order valence-electron chi connectivity index (χ1n) is 8.11. The quantitative estimate of drug-likeness (QED) is 0.313. The summed E-state index contributed by atoms with van der Waals surface area (Å²) >= 11 is 0. The topological polar surface area (TPSA) is 3.24 Å². The van der Waals surface area contributed by atoms with Crippen molar-refractivity contribution in [1.82, 2.24) is 4.90 Å². The summed E-state index contributed by atoms with van der Waals surface area (Å²) in [6.07, 6.45) is 18.2. The maximum atomic E-state index is 2.51. The Morgan fingerprint density at radius 2 is 1.33 bits per heavy atom. The van der Waals surface area contributed by atoms with Crippen molar-refractivity contribution in [2.75, 3.05) is 20.1 Å². The van der Waals surface area contributed by atoms with E-state index in [2.05, 4.69) is 37.9 Å². The zero-order valence-corrected chi connectivity index (χ0v) is 13.1. The Balaban J connectivity index is 3.14. The summed E-state index contributed by atoms with van der Waals surface area (Å²) in [6, 6.07) is 0. The van der Waals surface area contributed by atoms with Gasteiger partial charge >= 0.3 is 0 Å². The number of hydrogen-bond acceptors (Lipinski definition) is 1. The van der Waals surface area contributed by atoms with Crippen LogP contribution in [0.5, 0.6) is 0 Å². The lowest BCUT2D eigenvalue weighted by Gasteiger charge is -2.16. The molecular weight excluding hydrogens is 218 g/mol. The number of nitrogens with zero attached hydrogens (tertiary/aromatic N) is 1. The Morgan fingerprint density at radius 1 is 0.778 bits per heavy atom. The molecule has 18 heavy (non-hydrogen) atoms. The summed E-state index contributed by atoms with van der Waals surface area (Å²) in [7, 11) is 2.28. The minimum absolute atomic E-state index is 1.27. The largest absolute Gasteiger partial charge is 0.306 e. The molecule has 0 rings (SSSR count). The van der Waals surface area contributed by atoms with Gasteiger partial charge in [-0.1, -0.05) is 57.6 Å². The Labute approximate surface area is 116 Å². The van der Waals surface area contributed by atoms with Gasteiger partial charge in [-0.15, -0.1) is 0 Å². The van der Waals surface area contributed by atoms with Gasteiger partial charge in [-0.25, -0.2) is 0 Å². The third kappa shape index (κ3) is 13.8. The van der Waals surface area contributed by atoms with Gasteiger partial charge < -0.3 is 4.90 Å². The van der Waals surface area contributed by atoms with Crippen molar-refractivity contribution < 1.29 is 0 Å². The minimum atomic E-state index is 1.27. The molecule has 0 spiro atoms. The lowest BCUT2D eigenvalue weighted by atomic mass is 10.1. The van der Waals surface area contributed by atoms with Crippen LogP contribution in [0.25, 0.3) is 0 Å². The third-order valence-electron chi connectivity index (χ3n) is 3.54. The molecule has 0 N–H and O–H groups in total. The summed E-state index contributed by atoms with van der Waals surface area (Å²) < 4.78 is 0. The zero-order chi connectivity index (χ0) is 13.5. The molecule has 0 atom stereocenters. The lowest BCUT2D eigenvalue weighted by molar-refractivity contribution is 0.315. The number of hydrogen-bond donors (Lipinski definition) is 0. The van der Waals surface area contributed by atoms with E-state index in [4.69, 9.17) is 0 Å². The first kappa shape index (κ1) is 17.7. The summed E-state index contributed by atoms with van der Waals surface area (Å²) in [4.78, 5) is 2.51. The molecule has 0 aromatic rings. The molecular formula is C17H35N. The summed E-state index contributed by atoms with van der Waals surface area (Å²) in [6.45, 7) is 6.97. The first-order chi connectivity index (χ1) is 8.81. The maximum Gasteiger partial charge on any atom is -0.00218 e. The van der Waals surface area contributed by atoms with E-state index in [1.54, 1.807) is 0 Å². The summed E-state index contributed by atoms with van der Waals surface area (Å²) in [5.41, 5.74) is 0. The number of allylic oxidation sites excluding steroid dienone is 2. The molecule has 0 saturated carbocycles. The Morgan fingerprint density at radius 3 is 1.89 bits per heavy atom. The molecule has 1 heteroatoms. The van der Waals surface area contributed by atoms with E-state index in [-0.39, 0.29) is 0 Å². The molecule has 0 aliphatic carbocycles. The van der Waals surface area contributed by atoms with E-state index >= 15 is 0 Å². The van der Waals surface area contributed by atoms with E-state index in [9.17, 15) is 0 Å². The van der Waals surface area contributed by atoms with E-state index in [1.165, 1.54) is 77.3 Å². The van der Waals surface area contributed by atoms with Crippen LogP contribution in [0, 0.1) is 0 Å². The summed E-state index contributed by atoms with van der Waals surface area (Å²) in [5, 5.41) is 0. The second-order valence-electron chi connectivity index (χ2n) is 5.49. The lowest BCUT2D eigenvalue weighted by Crippen LogP contribution is -2.20. The highest BCUT2D eigenvalue weighted by molar-refractivity contribution is 4.76. The molecule has 0 bridgehead atoms. The van der Waals surface area contributed by atoms with Gasteiger partial charge in [0.25, 0.3) is 0 Å². The third-order valence-corrected chi connectivity index (χ3v) is 3.54. The van der Waals surface area contributed by atoms with Crippen LogP contribution >= 0.6 is 0 Å². The van der Waals surface area contributed by atoms with Crippen LogP contribution in [0.1, 0.15) is 78.1 Å². The smallest absolute Gasteiger partial charge is 0.00218 e. The number of unbranched alkanes of at least 4 members (excludes halogenated alkanes) is 8. The van der Waals surface area contributed by atoms with Gasteiger partial charge in [-0.05, 0) is 52.7 Å². The highest BCUT2D eigenvalue weighted by Gasteiger charge is 1.98. The second kappa shape index (κ2) is 14.8. The molecule has 0 fully saturated rings. The average Bonchev–Trinajstić information content (AvgIpc) is 2.37. The molecule has 108 valence electrons. The van der Waals surface area contributed by atoms with E-state index in [0.717, 1.165) is 0 Å². The fourth-order valence-electron chi connectivity index (χ4n) is 2.26. The van der Waals surface area contributed by atoms with Crippen LogP contribution in [0.2, 0.25) is 0 Å². The van der Waals surface area contributed by atoms with Crippen LogP contribution in [0.3, 0.4) is 0 Å². The van der Waals surface area contributed by atoms with Gasteiger partial charge in [-0.2, -0.15) is 0 Å². The Kier molecular flexibility index (Phi) is 14.5. The molecule has 0 radical (unpaired) electrons. The van der Waals surface area contributed by atoms with Crippen molar-refractivity contribution in [3.63, 3.8) is 0 Å². The monoisotopic (exact) mass is 253 g/mol. The Bertz CT molecular complexity index is 174. The molecule has 0 aliphatic rings. The average molecular weight is 253 g/mol. The highest BCUT2D eigenvalue weighted by Crippen LogP contribution is 2.06. The SMILES string of the molecule is C/C=C\CCCCCCN(C)CCCCCCC. The number of rotatable bonds is 13. The highest BCUT2D eigenvalue weighted by atomic mass is 15.1. The van der Waals surface area contributed by atoms with Crippen LogP contribution < -0.4 is 0 Å². The van der Waals surface area contributed by atoms with Crippen molar-refractivity contribution in [2.24, 2.45) is 0 Å². The van der Waals surface area contributed by atoms with E-state index in [1.807, 2.05) is 0 Å². The molecule has 0 amide bonds. The Hall–Kier alpha value is -0.300. The van der Waals surface area contributed by atoms with Gasteiger partial charge in [0.2, 0.25) is 0 Å². The van der Waals surface area contributed by atoms with Crippen LogP contribution in [-0.2, 0) is 0 Å². The van der Waals surface area contributed by atoms with Crippen molar-refractivity contribution in [3.05, 3.63) is 12.2 Å². The van der Waals surface area contributed by atoms with Crippen molar-refractivity contribution >= 4 is 0 Å². The second-order valence-corrected chi connectivity index (χ2v) is 5.49. The van der Waals surface area contributed by atoms with Crippen molar-refractivity contribution in [2.45, 2.75) is 78.1 Å². The summed E-state index contributed by atoms with van der Waals surface area (Å²) in [5.74, 6) is 0. The normalized spacial score (nSPS) is 11.8. The molecule has 0 aromatic carbocycles. The van der Waals surface area contributed by atoms with Gasteiger partial charge in [0.1, 0.15) is 0 Å². The standard InChI is InChI=1S/C17H35N/c1-4-6-8-10-11-13-15-17-18(3)16-14-12-9-7-5-2/h4,6H,5,7-17H2,1-3H3/b6-4-. The maximum absolute atomic E-state index is 2.51. The van der Waals surface area contributed by atoms with Crippen LogP contribution in [0.15, 0.2) is 12.2 Å². The van der Waals surface area contributed by atoms with Crippen molar-refractivity contribution in [1.29, 1.82) is 0 Å². The van der Waals surface area contributed by atoms with Crippen LogP contribution in [-0.4, -0.2) is 25.0 Å². The van der Waals surface area contributed by atoms with Crippen LogP contribution in [0.4, 0.5) is 0 Å². The zero-order valence-electron chi connectivity index (χ0n) is 13.1. The molecule has 0 aliphatic heterocycles. The van der Waals surface area contributed by atoms with Gasteiger partial charge in [0.15, 0.2) is 0 Å². The molecule has 0 unspecified atom stereocenters. The van der Waals surface area contributed by atoms with Crippen molar-refractivity contribution in [3.8, 4) is 0 Å².